The first kappa shape index (κ1) is 17.8. The standard InChI is InChI=1S/C20H33N5O/c1-19(26,17-10-24-25(3)11-17)12-22-18(21-2)23-13-20-7-14-4-15(8-20)6-16(5-14)9-20/h10-11,14-16,26H,4-9,12-13H2,1-3H3,(H2,21,22,23). The molecule has 1 aromatic heterocycles. The summed E-state index contributed by atoms with van der Waals surface area (Å²) in [6.45, 7) is 3.22. The maximum atomic E-state index is 10.7. The van der Waals surface area contributed by atoms with Crippen molar-refractivity contribution in [1.29, 1.82) is 0 Å². The summed E-state index contributed by atoms with van der Waals surface area (Å²) in [6.07, 6.45) is 12.1. The summed E-state index contributed by atoms with van der Waals surface area (Å²) in [6, 6.07) is 0. The van der Waals surface area contributed by atoms with Gasteiger partial charge in [0.05, 0.1) is 12.7 Å². The number of nitrogens with one attached hydrogen (secondary N) is 2. The summed E-state index contributed by atoms with van der Waals surface area (Å²) in [4.78, 5) is 4.37. The van der Waals surface area contributed by atoms with Crippen LogP contribution in [0.5, 0.6) is 0 Å². The molecule has 4 fully saturated rings. The third kappa shape index (κ3) is 3.48. The number of nitrogens with zero attached hydrogens (tertiary/aromatic N) is 3. The lowest BCUT2D eigenvalue weighted by Crippen LogP contribution is -2.53. The van der Waals surface area contributed by atoms with E-state index >= 15 is 0 Å². The van der Waals surface area contributed by atoms with Crippen molar-refractivity contribution < 1.29 is 5.11 Å². The highest BCUT2D eigenvalue weighted by Gasteiger charge is 2.50. The van der Waals surface area contributed by atoms with Gasteiger partial charge >= 0.3 is 0 Å². The summed E-state index contributed by atoms with van der Waals surface area (Å²) < 4.78 is 1.71. The molecule has 0 saturated heterocycles. The predicted octanol–water partition coefficient (Wildman–Crippen LogP) is 2.01. The molecule has 1 unspecified atom stereocenters. The minimum atomic E-state index is -0.980. The maximum Gasteiger partial charge on any atom is 0.191 e. The Balaban J connectivity index is 1.33. The van der Waals surface area contributed by atoms with E-state index in [1.165, 1.54) is 38.5 Å². The SMILES string of the molecule is CN=C(NCC12CC3CC(CC(C3)C1)C2)NCC(C)(O)c1cnn(C)c1. The van der Waals surface area contributed by atoms with Gasteiger partial charge in [-0.25, -0.2) is 0 Å². The van der Waals surface area contributed by atoms with E-state index in [0.29, 0.717) is 12.0 Å². The average molecular weight is 360 g/mol. The number of hydrogen-bond donors (Lipinski definition) is 3. The van der Waals surface area contributed by atoms with Crippen molar-refractivity contribution in [2.24, 2.45) is 35.2 Å². The van der Waals surface area contributed by atoms with Gasteiger partial charge in [0, 0.05) is 32.4 Å². The van der Waals surface area contributed by atoms with Crippen LogP contribution in [0.25, 0.3) is 0 Å². The lowest BCUT2D eigenvalue weighted by atomic mass is 9.49. The first-order chi connectivity index (χ1) is 12.4. The molecule has 26 heavy (non-hydrogen) atoms. The Morgan fingerprint density at radius 2 is 1.88 bits per heavy atom. The molecule has 0 aromatic carbocycles. The molecule has 4 aliphatic rings. The smallest absolute Gasteiger partial charge is 0.191 e. The van der Waals surface area contributed by atoms with E-state index in [9.17, 15) is 5.11 Å². The van der Waals surface area contributed by atoms with Crippen molar-refractivity contribution in [1.82, 2.24) is 20.4 Å². The van der Waals surface area contributed by atoms with Crippen LogP contribution >= 0.6 is 0 Å². The highest BCUT2D eigenvalue weighted by Crippen LogP contribution is 2.59. The van der Waals surface area contributed by atoms with Crippen LogP contribution in [0, 0.1) is 23.2 Å². The van der Waals surface area contributed by atoms with Crippen molar-refractivity contribution in [2.75, 3.05) is 20.1 Å². The second-order valence-electron chi connectivity index (χ2n) is 9.37. The lowest BCUT2D eigenvalue weighted by molar-refractivity contribution is -0.0492. The van der Waals surface area contributed by atoms with Gasteiger partial charge in [-0.3, -0.25) is 9.67 Å². The van der Waals surface area contributed by atoms with Crippen LogP contribution in [0.2, 0.25) is 0 Å². The first-order valence-electron chi connectivity index (χ1n) is 10.0. The van der Waals surface area contributed by atoms with E-state index in [1.54, 1.807) is 17.9 Å². The molecule has 1 aromatic rings. The van der Waals surface area contributed by atoms with E-state index in [1.807, 2.05) is 20.2 Å². The molecular weight excluding hydrogens is 326 g/mol. The normalized spacial score (nSPS) is 35.4. The Morgan fingerprint density at radius 3 is 2.38 bits per heavy atom. The Kier molecular flexibility index (Phi) is 4.49. The van der Waals surface area contributed by atoms with Crippen LogP contribution in [-0.2, 0) is 12.6 Å². The van der Waals surface area contributed by atoms with Gasteiger partial charge in [-0.15, -0.1) is 0 Å². The van der Waals surface area contributed by atoms with E-state index in [4.69, 9.17) is 0 Å². The topological polar surface area (TPSA) is 74.5 Å². The summed E-state index contributed by atoms with van der Waals surface area (Å²) in [5.74, 6) is 3.67. The van der Waals surface area contributed by atoms with E-state index in [0.717, 1.165) is 35.8 Å². The van der Waals surface area contributed by atoms with E-state index in [2.05, 4.69) is 20.7 Å². The monoisotopic (exact) mass is 359 g/mol. The molecule has 1 heterocycles. The number of aromatic nitrogens is 2. The van der Waals surface area contributed by atoms with Gasteiger partial charge in [-0.05, 0) is 68.6 Å². The molecular formula is C20H33N5O. The number of rotatable bonds is 5. The Hall–Kier alpha value is -1.56. The number of hydrogen-bond acceptors (Lipinski definition) is 3. The molecule has 0 amide bonds. The lowest BCUT2D eigenvalue weighted by Gasteiger charge is -2.57. The second kappa shape index (κ2) is 6.55. The average Bonchev–Trinajstić information content (AvgIpc) is 3.01. The largest absolute Gasteiger partial charge is 0.383 e. The molecule has 144 valence electrons. The van der Waals surface area contributed by atoms with Gasteiger partial charge < -0.3 is 15.7 Å². The minimum absolute atomic E-state index is 0.402. The molecule has 4 saturated carbocycles. The zero-order valence-electron chi connectivity index (χ0n) is 16.3. The Labute approximate surface area is 156 Å². The molecule has 3 N–H and O–H groups in total. The van der Waals surface area contributed by atoms with Crippen molar-refractivity contribution in [3.8, 4) is 0 Å². The molecule has 4 bridgehead atoms. The van der Waals surface area contributed by atoms with E-state index in [-0.39, 0.29) is 0 Å². The van der Waals surface area contributed by atoms with Crippen molar-refractivity contribution >= 4 is 5.96 Å². The summed E-state index contributed by atoms with van der Waals surface area (Å²) in [7, 11) is 3.66. The van der Waals surface area contributed by atoms with Gasteiger partial charge in [0.15, 0.2) is 5.96 Å². The molecule has 0 radical (unpaired) electrons. The quantitative estimate of drug-likeness (QED) is 0.555. The summed E-state index contributed by atoms with van der Waals surface area (Å²) in [5.41, 5.74) is 0.300. The zero-order chi connectivity index (χ0) is 18.4. The highest BCUT2D eigenvalue weighted by atomic mass is 16.3. The van der Waals surface area contributed by atoms with E-state index < -0.39 is 5.60 Å². The molecule has 0 spiro atoms. The van der Waals surface area contributed by atoms with Gasteiger partial charge in [0.2, 0.25) is 0 Å². The zero-order valence-corrected chi connectivity index (χ0v) is 16.3. The van der Waals surface area contributed by atoms with Gasteiger partial charge in [0.1, 0.15) is 5.60 Å². The summed E-state index contributed by atoms with van der Waals surface area (Å²) >= 11 is 0. The van der Waals surface area contributed by atoms with Crippen molar-refractivity contribution in [3.63, 3.8) is 0 Å². The Morgan fingerprint density at radius 1 is 1.27 bits per heavy atom. The van der Waals surface area contributed by atoms with Gasteiger partial charge in [0.25, 0.3) is 0 Å². The molecule has 0 aliphatic heterocycles. The second-order valence-corrected chi connectivity index (χ2v) is 9.37. The summed E-state index contributed by atoms with van der Waals surface area (Å²) in [5, 5.41) is 21.8. The van der Waals surface area contributed by atoms with Crippen LogP contribution in [0.4, 0.5) is 0 Å². The van der Waals surface area contributed by atoms with Crippen LogP contribution in [0.3, 0.4) is 0 Å². The number of aryl methyl sites for hydroxylation is 1. The third-order valence-corrected chi connectivity index (χ3v) is 6.95. The first-order valence-corrected chi connectivity index (χ1v) is 10.0. The van der Waals surface area contributed by atoms with Crippen molar-refractivity contribution in [3.05, 3.63) is 18.0 Å². The fourth-order valence-corrected chi connectivity index (χ4v) is 6.06. The van der Waals surface area contributed by atoms with Crippen LogP contribution < -0.4 is 10.6 Å². The van der Waals surface area contributed by atoms with Gasteiger partial charge in [-0.2, -0.15) is 5.10 Å². The van der Waals surface area contributed by atoms with Crippen LogP contribution in [-0.4, -0.2) is 41.0 Å². The molecule has 4 aliphatic carbocycles. The Bertz CT molecular complexity index is 642. The molecule has 6 heteroatoms. The number of aliphatic hydroxyl groups is 1. The number of guanidine groups is 1. The third-order valence-electron chi connectivity index (χ3n) is 6.95. The minimum Gasteiger partial charge on any atom is -0.383 e. The van der Waals surface area contributed by atoms with Crippen molar-refractivity contribution in [2.45, 2.75) is 51.0 Å². The number of aliphatic imine (C=N–C) groups is 1. The molecule has 1 atom stereocenters. The molecule has 6 nitrogen and oxygen atoms in total. The fraction of sp³-hybridized carbons (Fsp3) is 0.800. The van der Waals surface area contributed by atoms with Crippen LogP contribution in [0.1, 0.15) is 51.0 Å². The molecule has 5 rings (SSSR count). The predicted molar refractivity (Wildman–Crippen MR) is 103 cm³/mol. The maximum absolute atomic E-state index is 10.7. The highest BCUT2D eigenvalue weighted by molar-refractivity contribution is 5.79. The van der Waals surface area contributed by atoms with Crippen LogP contribution in [0.15, 0.2) is 17.4 Å². The fourth-order valence-electron chi connectivity index (χ4n) is 6.06. The van der Waals surface area contributed by atoms with Gasteiger partial charge in [-0.1, -0.05) is 0 Å².